The highest BCUT2D eigenvalue weighted by Crippen LogP contribution is 2.24. The van der Waals surface area contributed by atoms with Crippen LogP contribution in [-0.4, -0.2) is 15.3 Å². The van der Waals surface area contributed by atoms with Crippen LogP contribution in [-0.2, 0) is 0 Å². The summed E-state index contributed by atoms with van der Waals surface area (Å²) in [6, 6.07) is 12.0. The van der Waals surface area contributed by atoms with E-state index in [-0.39, 0.29) is 0 Å². The van der Waals surface area contributed by atoms with Crippen LogP contribution in [0.3, 0.4) is 0 Å². The van der Waals surface area contributed by atoms with Gasteiger partial charge >= 0.3 is 0 Å². The van der Waals surface area contributed by atoms with E-state index in [1.54, 1.807) is 42.5 Å². The Balaban J connectivity index is 1.74. The molecule has 0 atom stereocenters. The molecular weight excluding hydrogens is 308 g/mol. The number of fused-ring (bicyclic) bond motifs is 1. The predicted molar refractivity (Wildman–Crippen MR) is 76.7 cm³/mol. The lowest BCUT2D eigenvalue weighted by Crippen LogP contribution is -2.22. The van der Waals surface area contributed by atoms with Gasteiger partial charge in [-0.25, -0.2) is 0 Å². The van der Waals surface area contributed by atoms with Crippen LogP contribution in [0.2, 0.25) is 5.02 Å². The second kappa shape index (κ2) is 4.81. The molecule has 0 radical (unpaired) electrons. The molecule has 0 spiro atoms. The molecule has 0 amide bonds. The second-order valence-electron chi connectivity index (χ2n) is 4.56. The maximum Gasteiger partial charge on any atom is 0.258 e. The van der Waals surface area contributed by atoms with Crippen molar-refractivity contribution in [2.45, 2.75) is 0 Å². The molecule has 4 rings (SSSR count). The summed E-state index contributed by atoms with van der Waals surface area (Å²) in [5.41, 5.74) is 2.19. The lowest BCUT2D eigenvalue weighted by Gasteiger charge is -1.93. The molecule has 8 heteroatoms. The van der Waals surface area contributed by atoms with Crippen LogP contribution in [0.1, 0.15) is 0 Å². The van der Waals surface area contributed by atoms with E-state index in [2.05, 4.69) is 19.9 Å². The molecule has 0 bridgehead atoms. The van der Waals surface area contributed by atoms with Crippen molar-refractivity contribution in [2.24, 2.45) is 0 Å². The lowest BCUT2D eigenvalue weighted by atomic mass is 10.2. The van der Waals surface area contributed by atoms with Gasteiger partial charge in [0.25, 0.3) is 5.89 Å². The first-order valence-electron chi connectivity index (χ1n) is 6.30. The number of rotatable bonds is 2. The van der Waals surface area contributed by atoms with E-state index in [1.165, 1.54) is 0 Å². The molecular formula is C14H7ClN4O3. The molecule has 0 fully saturated rings. The molecule has 2 aromatic heterocycles. The Morgan fingerprint density at radius 3 is 2.59 bits per heavy atom. The van der Waals surface area contributed by atoms with E-state index in [0.717, 1.165) is 5.56 Å². The molecule has 0 aliphatic carbocycles. The zero-order chi connectivity index (χ0) is 15.1. The van der Waals surface area contributed by atoms with Gasteiger partial charge in [-0.05, 0) is 41.3 Å². The number of aromatic nitrogens is 4. The first-order chi connectivity index (χ1) is 10.7. The second-order valence-corrected chi connectivity index (χ2v) is 5.00. The van der Waals surface area contributed by atoms with Crippen LogP contribution in [0.15, 0.2) is 51.6 Å². The summed E-state index contributed by atoms with van der Waals surface area (Å²) in [5.74, 6) is 0.776. The zero-order valence-corrected chi connectivity index (χ0v) is 11.7. The van der Waals surface area contributed by atoms with E-state index >= 15 is 0 Å². The summed E-state index contributed by atoms with van der Waals surface area (Å²) in [6.07, 6.45) is 0. The first kappa shape index (κ1) is 12.8. The average Bonchev–Trinajstić information content (AvgIpc) is 3.15. The normalized spacial score (nSPS) is 11.1. The third-order valence-corrected chi connectivity index (χ3v) is 3.41. The Kier molecular flexibility index (Phi) is 2.80. The number of hydrogen-bond acceptors (Lipinski definition) is 6. The van der Waals surface area contributed by atoms with Crippen molar-refractivity contribution in [1.82, 2.24) is 15.3 Å². The van der Waals surface area contributed by atoms with Crippen LogP contribution < -0.4 is 4.90 Å². The van der Waals surface area contributed by atoms with Crippen LogP contribution in [0.25, 0.3) is 33.9 Å². The smallest absolute Gasteiger partial charge is 0.258 e. The monoisotopic (exact) mass is 314 g/mol. The van der Waals surface area contributed by atoms with Crippen LogP contribution in [0.5, 0.6) is 0 Å². The molecule has 0 N–H and O–H groups in total. The Labute approximate surface area is 128 Å². The third-order valence-electron chi connectivity index (χ3n) is 3.16. The molecule has 0 aliphatic rings. The quantitative estimate of drug-likeness (QED) is 0.528. The minimum absolute atomic E-state index is 0.326. The number of nitrogens with zero attached hydrogens (tertiary/aromatic N) is 4. The molecule has 2 aromatic carbocycles. The maximum atomic E-state index is 11.3. The van der Waals surface area contributed by atoms with Crippen molar-refractivity contribution in [3.8, 4) is 22.8 Å². The molecule has 0 unspecified atom stereocenters. The van der Waals surface area contributed by atoms with Gasteiger partial charge in [0.1, 0.15) is 0 Å². The van der Waals surface area contributed by atoms with Gasteiger partial charge in [0, 0.05) is 27.4 Å². The number of halogens is 1. The fourth-order valence-corrected chi connectivity index (χ4v) is 2.19. The SMILES string of the molecule is [O-][n+]1onc2cc(-c3nc(-c4ccc(Cl)cc4)no3)ccc21. The summed E-state index contributed by atoms with van der Waals surface area (Å²) < 4.78 is 9.78. The summed E-state index contributed by atoms with van der Waals surface area (Å²) in [7, 11) is 0. The summed E-state index contributed by atoms with van der Waals surface area (Å²) in [6.45, 7) is 0. The Bertz CT molecular complexity index is 962. The van der Waals surface area contributed by atoms with E-state index in [0.29, 0.717) is 38.2 Å². The van der Waals surface area contributed by atoms with Gasteiger partial charge in [-0.3, -0.25) is 4.63 Å². The fraction of sp³-hybridized carbons (Fsp3) is 0. The summed E-state index contributed by atoms with van der Waals surface area (Å²) in [4.78, 5) is 4.67. The van der Waals surface area contributed by atoms with Gasteiger partial charge in [0.15, 0.2) is 0 Å². The minimum Gasteiger partial charge on any atom is -0.359 e. The Hall–Kier alpha value is -2.93. The Morgan fingerprint density at radius 2 is 1.77 bits per heavy atom. The van der Waals surface area contributed by atoms with E-state index in [4.69, 9.17) is 16.1 Å². The van der Waals surface area contributed by atoms with Gasteiger partial charge < -0.3 is 9.73 Å². The average molecular weight is 315 g/mol. The Morgan fingerprint density at radius 1 is 1.00 bits per heavy atom. The van der Waals surface area contributed by atoms with Gasteiger partial charge in [0.2, 0.25) is 16.9 Å². The van der Waals surface area contributed by atoms with E-state index < -0.39 is 0 Å². The number of benzene rings is 2. The van der Waals surface area contributed by atoms with Crippen molar-refractivity contribution < 1.29 is 14.1 Å². The van der Waals surface area contributed by atoms with Crippen molar-refractivity contribution in [1.29, 1.82) is 0 Å². The van der Waals surface area contributed by atoms with Gasteiger partial charge in [-0.1, -0.05) is 16.8 Å². The van der Waals surface area contributed by atoms with Crippen molar-refractivity contribution in [3.05, 3.63) is 52.7 Å². The first-order valence-corrected chi connectivity index (χ1v) is 6.68. The molecule has 22 heavy (non-hydrogen) atoms. The maximum absolute atomic E-state index is 11.3. The highest BCUT2D eigenvalue weighted by Gasteiger charge is 2.15. The van der Waals surface area contributed by atoms with Crippen LogP contribution in [0.4, 0.5) is 0 Å². The van der Waals surface area contributed by atoms with Crippen molar-refractivity contribution >= 4 is 22.6 Å². The van der Waals surface area contributed by atoms with Gasteiger partial charge in [-0.15, -0.1) is 0 Å². The lowest BCUT2D eigenvalue weighted by molar-refractivity contribution is -0.782. The molecule has 7 nitrogen and oxygen atoms in total. The molecule has 0 saturated carbocycles. The van der Waals surface area contributed by atoms with Crippen LogP contribution in [0, 0.1) is 5.21 Å². The van der Waals surface area contributed by atoms with Crippen LogP contribution >= 0.6 is 11.6 Å². The molecule has 0 aliphatic heterocycles. The van der Waals surface area contributed by atoms with Crippen molar-refractivity contribution in [2.75, 3.05) is 0 Å². The standard InChI is InChI=1S/C14H7ClN4O3/c15-10-4-1-8(2-5-10)13-16-14(21-18-13)9-3-6-12-11(7-9)17-22-19(12)20/h1-7H. The molecule has 108 valence electrons. The van der Waals surface area contributed by atoms with Gasteiger partial charge in [-0.2, -0.15) is 4.98 Å². The molecule has 4 aromatic rings. The highest BCUT2D eigenvalue weighted by atomic mass is 35.5. The zero-order valence-electron chi connectivity index (χ0n) is 10.9. The summed E-state index contributed by atoms with van der Waals surface area (Å²) in [5, 5.41) is 19.5. The predicted octanol–water partition coefficient (Wildman–Crippen LogP) is 2.83. The molecule has 2 heterocycles. The minimum atomic E-state index is 0.326. The molecule has 0 saturated heterocycles. The largest absolute Gasteiger partial charge is 0.359 e. The highest BCUT2D eigenvalue weighted by molar-refractivity contribution is 6.30. The topological polar surface area (TPSA) is 91.9 Å². The van der Waals surface area contributed by atoms with Crippen molar-refractivity contribution in [3.63, 3.8) is 0 Å². The number of hydrogen-bond donors (Lipinski definition) is 0. The van der Waals surface area contributed by atoms with E-state index in [1.807, 2.05) is 0 Å². The van der Waals surface area contributed by atoms with Gasteiger partial charge in [0.05, 0.1) is 0 Å². The summed E-state index contributed by atoms with van der Waals surface area (Å²) >= 11 is 5.85. The third kappa shape index (κ3) is 2.08. The fourth-order valence-electron chi connectivity index (χ4n) is 2.07. The van der Waals surface area contributed by atoms with E-state index in [9.17, 15) is 5.21 Å².